The lowest BCUT2D eigenvalue weighted by atomic mass is 10.1. The molecule has 1 aliphatic rings. The fourth-order valence-electron chi connectivity index (χ4n) is 3.13. The molecular formula is C17H20N6O4. The summed E-state index contributed by atoms with van der Waals surface area (Å²) in [6.45, 7) is 0.420. The summed E-state index contributed by atoms with van der Waals surface area (Å²) in [6.07, 6.45) is -1.10. The number of hydrogen-bond acceptors (Lipinski definition) is 9. The molecule has 4 atom stereocenters. The summed E-state index contributed by atoms with van der Waals surface area (Å²) >= 11 is 0. The Labute approximate surface area is 154 Å². The molecule has 3 aromatic rings. The van der Waals surface area contributed by atoms with Crippen molar-refractivity contribution in [3.05, 3.63) is 42.5 Å². The van der Waals surface area contributed by atoms with E-state index in [1.165, 1.54) is 17.2 Å². The molecule has 10 nitrogen and oxygen atoms in total. The van der Waals surface area contributed by atoms with Crippen molar-refractivity contribution < 1.29 is 19.7 Å². The van der Waals surface area contributed by atoms with Crippen LogP contribution in [0.4, 0.5) is 11.5 Å². The third kappa shape index (κ3) is 3.30. The highest BCUT2D eigenvalue weighted by atomic mass is 16.6. The molecule has 27 heavy (non-hydrogen) atoms. The van der Waals surface area contributed by atoms with Crippen molar-refractivity contribution in [1.82, 2.24) is 19.5 Å². The number of ether oxygens (including phenoxy) is 2. The molecule has 1 fully saturated rings. The van der Waals surface area contributed by atoms with Gasteiger partial charge < -0.3 is 31.2 Å². The van der Waals surface area contributed by atoms with Crippen LogP contribution >= 0.6 is 0 Å². The minimum absolute atomic E-state index is 0.104. The molecule has 0 amide bonds. The van der Waals surface area contributed by atoms with E-state index >= 15 is 0 Å². The fourth-order valence-corrected chi connectivity index (χ4v) is 3.13. The van der Waals surface area contributed by atoms with Gasteiger partial charge in [-0.15, -0.1) is 0 Å². The van der Waals surface area contributed by atoms with E-state index in [9.17, 15) is 10.2 Å². The minimum atomic E-state index is -1.17. The largest absolute Gasteiger partial charge is 0.399 e. The van der Waals surface area contributed by atoms with E-state index in [0.717, 1.165) is 5.56 Å². The van der Waals surface area contributed by atoms with Crippen LogP contribution in [0, 0.1) is 0 Å². The maximum atomic E-state index is 10.4. The highest BCUT2D eigenvalue weighted by Gasteiger charge is 2.44. The molecule has 1 aromatic carbocycles. The predicted molar refractivity (Wildman–Crippen MR) is 96.2 cm³/mol. The molecule has 10 heteroatoms. The zero-order chi connectivity index (χ0) is 19.0. The van der Waals surface area contributed by atoms with Crippen LogP contribution in [0.25, 0.3) is 11.2 Å². The lowest BCUT2D eigenvalue weighted by molar-refractivity contribution is -0.0682. The highest BCUT2D eigenvalue weighted by Crippen LogP contribution is 2.32. The van der Waals surface area contributed by atoms with Gasteiger partial charge in [0.2, 0.25) is 0 Å². The van der Waals surface area contributed by atoms with Gasteiger partial charge in [-0.3, -0.25) is 4.57 Å². The van der Waals surface area contributed by atoms with Gasteiger partial charge in [0.05, 0.1) is 19.5 Å². The summed E-state index contributed by atoms with van der Waals surface area (Å²) in [4.78, 5) is 12.2. The second-order valence-corrected chi connectivity index (χ2v) is 6.39. The third-order valence-corrected chi connectivity index (χ3v) is 4.50. The lowest BCUT2D eigenvalue weighted by Gasteiger charge is -2.16. The second-order valence-electron chi connectivity index (χ2n) is 6.39. The lowest BCUT2D eigenvalue weighted by Crippen LogP contribution is -2.33. The van der Waals surface area contributed by atoms with Gasteiger partial charge >= 0.3 is 0 Å². The standard InChI is InChI=1S/C17H20N6O4/c18-10-3-1-2-9(4-10)5-26-6-11-13(24)14(25)17(27-11)23-8-22-12-15(19)20-7-21-16(12)23/h1-4,7-8,11,13-14,17,24-25H,5-6,18H2,(H2,19,20,21)/t11-,13-,14-,17-/m1/s1. The Morgan fingerprint density at radius 3 is 2.81 bits per heavy atom. The Kier molecular flexibility index (Phi) is 4.62. The second kappa shape index (κ2) is 7.08. The van der Waals surface area contributed by atoms with Crippen LogP contribution in [-0.2, 0) is 16.1 Å². The molecule has 4 rings (SSSR count). The fraction of sp³-hybridized carbons (Fsp3) is 0.353. The number of nitrogen functional groups attached to an aromatic ring is 2. The molecule has 0 saturated carbocycles. The highest BCUT2D eigenvalue weighted by molar-refractivity contribution is 5.81. The number of hydrogen-bond donors (Lipinski definition) is 4. The van der Waals surface area contributed by atoms with Crippen LogP contribution in [0.3, 0.4) is 0 Å². The Hall–Kier alpha value is -2.79. The van der Waals surface area contributed by atoms with Crippen molar-refractivity contribution >= 4 is 22.7 Å². The minimum Gasteiger partial charge on any atom is -0.399 e. The van der Waals surface area contributed by atoms with Crippen molar-refractivity contribution in [1.29, 1.82) is 0 Å². The molecule has 142 valence electrons. The number of nitrogens with two attached hydrogens (primary N) is 2. The molecule has 0 spiro atoms. The van der Waals surface area contributed by atoms with Gasteiger partial charge in [0.15, 0.2) is 17.7 Å². The first-order valence-electron chi connectivity index (χ1n) is 8.41. The van der Waals surface area contributed by atoms with Crippen LogP contribution in [0.5, 0.6) is 0 Å². The van der Waals surface area contributed by atoms with E-state index < -0.39 is 24.5 Å². The summed E-state index contributed by atoms with van der Waals surface area (Å²) < 4.78 is 13.0. The summed E-state index contributed by atoms with van der Waals surface area (Å²) in [5, 5.41) is 20.7. The van der Waals surface area contributed by atoms with Crippen molar-refractivity contribution in [3.63, 3.8) is 0 Å². The van der Waals surface area contributed by atoms with E-state index in [0.29, 0.717) is 23.5 Å². The van der Waals surface area contributed by atoms with Gasteiger partial charge in [0.1, 0.15) is 30.2 Å². The van der Waals surface area contributed by atoms with Gasteiger partial charge in [0.25, 0.3) is 0 Å². The van der Waals surface area contributed by atoms with Crippen LogP contribution < -0.4 is 11.5 Å². The van der Waals surface area contributed by atoms with Crippen LogP contribution in [0.1, 0.15) is 11.8 Å². The number of aliphatic hydroxyl groups is 2. The SMILES string of the molecule is Nc1cccc(COC[C@H]2O[C@@H](n3cnc4c(N)ncnc43)[C@H](O)[C@@H]2O)c1. The quantitative estimate of drug-likeness (QED) is 0.447. The monoisotopic (exact) mass is 372 g/mol. The maximum absolute atomic E-state index is 10.4. The van der Waals surface area contributed by atoms with E-state index in [2.05, 4.69) is 15.0 Å². The van der Waals surface area contributed by atoms with Crippen LogP contribution in [0.2, 0.25) is 0 Å². The van der Waals surface area contributed by atoms with Crippen molar-refractivity contribution in [2.75, 3.05) is 18.1 Å². The number of aliphatic hydroxyl groups excluding tert-OH is 2. The Morgan fingerprint density at radius 2 is 2.00 bits per heavy atom. The molecule has 1 saturated heterocycles. The topological polar surface area (TPSA) is 155 Å². The molecule has 0 bridgehead atoms. The van der Waals surface area contributed by atoms with Gasteiger partial charge in [-0.1, -0.05) is 12.1 Å². The Bertz CT molecular complexity index is 948. The summed E-state index contributed by atoms with van der Waals surface area (Å²) in [6, 6.07) is 7.33. The molecule has 2 aromatic heterocycles. The molecule has 1 aliphatic heterocycles. The Balaban J connectivity index is 1.45. The number of benzene rings is 1. The van der Waals surface area contributed by atoms with E-state index in [-0.39, 0.29) is 12.4 Å². The first-order chi connectivity index (χ1) is 13.0. The average molecular weight is 372 g/mol. The molecule has 3 heterocycles. The number of anilines is 2. The number of rotatable bonds is 5. The molecule has 0 radical (unpaired) electrons. The first kappa shape index (κ1) is 17.6. The van der Waals surface area contributed by atoms with Gasteiger partial charge in [0, 0.05) is 5.69 Å². The third-order valence-electron chi connectivity index (χ3n) is 4.50. The van der Waals surface area contributed by atoms with Gasteiger partial charge in [-0.05, 0) is 17.7 Å². The van der Waals surface area contributed by atoms with Crippen LogP contribution in [0.15, 0.2) is 36.9 Å². The first-order valence-corrected chi connectivity index (χ1v) is 8.41. The molecule has 6 N–H and O–H groups in total. The molecular weight excluding hydrogens is 352 g/mol. The van der Waals surface area contributed by atoms with Crippen LogP contribution in [-0.4, -0.2) is 54.7 Å². The summed E-state index contributed by atoms with van der Waals surface area (Å²) in [7, 11) is 0. The van der Waals surface area contributed by atoms with Crippen molar-refractivity contribution in [3.8, 4) is 0 Å². The number of aromatic nitrogens is 4. The average Bonchev–Trinajstić information content (AvgIpc) is 3.19. The van der Waals surface area contributed by atoms with Gasteiger partial charge in [-0.25, -0.2) is 15.0 Å². The Morgan fingerprint density at radius 1 is 1.15 bits per heavy atom. The van der Waals surface area contributed by atoms with E-state index in [1.807, 2.05) is 18.2 Å². The number of fused-ring (bicyclic) bond motifs is 1. The van der Waals surface area contributed by atoms with Crippen molar-refractivity contribution in [2.24, 2.45) is 0 Å². The smallest absolute Gasteiger partial charge is 0.167 e. The predicted octanol–water partition coefficient (Wildman–Crippen LogP) is -0.173. The van der Waals surface area contributed by atoms with E-state index in [1.54, 1.807) is 6.07 Å². The summed E-state index contributed by atoms with van der Waals surface area (Å²) in [5.74, 6) is 0.230. The number of nitrogens with zero attached hydrogens (tertiary/aromatic N) is 4. The van der Waals surface area contributed by atoms with Gasteiger partial charge in [-0.2, -0.15) is 0 Å². The molecule has 0 aliphatic carbocycles. The summed E-state index contributed by atoms with van der Waals surface area (Å²) in [5.41, 5.74) is 13.9. The van der Waals surface area contributed by atoms with Crippen molar-refractivity contribution in [2.45, 2.75) is 31.1 Å². The maximum Gasteiger partial charge on any atom is 0.167 e. The number of imidazole rings is 1. The van der Waals surface area contributed by atoms with E-state index in [4.69, 9.17) is 20.9 Å². The zero-order valence-electron chi connectivity index (χ0n) is 14.3. The molecule has 0 unspecified atom stereocenters. The normalized spacial score (nSPS) is 25.3. The zero-order valence-corrected chi connectivity index (χ0v) is 14.3.